The summed E-state index contributed by atoms with van der Waals surface area (Å²) in [5, 5.41) is 10.5. The molecule has 0 bridgehead atoms. The number of esters is 1. The number of ether oxygens (including phenoxy) is 1. The van der Waals surface area contributed by atoms with Crippen molar-refractivity contribution in [1.29, 1.82) is 0 Å². The molecular formula is C38H39NO4. The van der Waals surface area contributed by atoms with Crippen LogP contribution in [0.25, 0.3) is 33.2 Å². The molecule has 0 atom stereocenters. The van der Waals surface area contributed by atoms with Gasteiger partial charge in [-0.25, -0.2) is 9.59 Å². The molecule has 1 aromatic heterocycles. The van der Waals surface area contributed by atoms with Gasteiger partial charge in [-0.2, -0.15) is 0 Å². The van der Waals surface area contributed by atoms with Gasteiger partial charge in [-0.05, 0) is 76.4 Å². The number of carboxylic acid groups (broad SMARTS) is 1. The first kappa shape index (κ1) is 29.8. The molecule has 0 fully saturated rings. The van der Waals surface area contributed by atoms with Gasteiger partial charge in [-0.1, -0.05) is 101 Å². The number of rotatable bonds is 9. The average molecular weight is 574 g/mol. The highest BCUT2D eigenvalue weighted by atomic mass is 16.5. The van der Waals surface area contributed by atoms with Gasteiger partial charge in [0.25, 0.3) is 0 Å². The van der Waals surface area contributed by atoms with E-state index in [1.807, 2.05) is 24.3 Å². The van der Waals surface area contributed by atoms with Gasteiger partial charge in [0.15, 0.2) is 0 Å². The molecule has 5 rings (SSSR count). The summed E-state index contributed by atoms with van der Waals surface area (Å²) >= 11 is 0. The van der Waals surface area contributed by atoms with Gasteiger partial charge < -0.3 is 14.4 Å². The lowest BCUT2D eigenvalue weighted by atomic mass is 9.86. The minimum Gasteiger partial charge on any atom is -0.478 e. The van der Waals surface area contributed by atoms with Gasteiger partial charge in [0.1, 0.15) is 5.69 Å². The number of para-hydroxylation sites is 1. The molecule has 1 heterocycles. The SMILES string of the molecule is CCCCOC(=O)c1c(-c2ccc(C(C)(C)C)cc2)c2ccccc2n1Cc1cc(-c2cccc(C(=O)O)c2)ccc1C. The lowest BCUT2D eigenvalue weighted by Crippen LogP contribution is -2.15. The molecule has 0 aliphatic rings. The Morgan fingerprint density at radius 2 is 1.53 bits per heavy atom. The second-order valence-electron chi connectivity index (χ2n) is 12.2. The zero-order chi connectivity index (χ0) is 30.7. The lowest BCUT2D eigenvalue weighted by molar-refractivity contribution is 0.0489. The van der Waals surface area contributed by atoms with Gasteiger partial charge in [0.05, 0.1) is 12.2 Å². The zero-order valence-corrected chi connectivity index (χ0v) is 25.6. The fourth-order valence-corrected chi connectivity index (χ4v) is 5.51. The fraction of sp³-hybridized carbons (Fsp3) is 0.263. The smallest absolute Gasteiger partial charge is 0.355 e. The third kappa shape index (κ3) is 6.26. The van der Waals surface area contributed by atoms with Crippen molar-refractivity contribution >= 4 is 22.8 Å². The molecule has 0 spiro atoms. The number of aromatic nitrogens is 1. The van der Waals surface area contributed by atoms with Crippen LogP contribution in [0.4, 0.5) is 0 Å². The number of fused-ring (bicyclic) bond motifs is 1. The highest BCUT2D eigenvalue weighted by molar-refractivity contribution is 6.08. The van der Waals surface area contributed by atoms with Crippen LogP contribution in [0, 0.1) is 6.92 Å². The number of carbonyl (C=O) groups excluding carboxylic acids is 1. The number of hydrogen-bond donors (Lipinski definition) is 1. The van der Waals surface area contributed by atoms with Crippen LogP contribution in [0.1, 0.15) is 78.1 Å². The second-order valence-corrected chi connectivity index (χ2v) is 12.2. The van der Waals surface area contributed by atoms with Gasteiger partial charge in [-0.15, -0.1) is 0 Å². The first-order valence-corrected chi connectivity index (χ1v) is 14.9. The Kier molecular flexibility index (Phi) is 8.54. The Balaban J connectivity index is 1.67. The summed E-state index contributed by atoms with van der Waals surface area (Å²) in [6, 6.07) is 29.8. The number of aryl methyl sites for hydroxylation is 1. The summed E-state index contributed by atoms with van der Waals surface area (Å²) in [6.07, 6.45) is 1.74. The van der Waals surface area contributed by atoms with E-state index < -0.39 is 5.97 Å². The highest BCUT2D eigenvalue weighted by Crippen LogP contribution is 2.38. The Hall–Kier alpha value is -4.64. The third-order valence-electron chi connectivity index (χ3n) is 8.06. The van der Waals surface area contributed by atoms with Gasteiger partial charge in [0, 0.05) is 23.0 Å². The van der Waals surface area contributed by atoms with Crippen molar-refractivity contribution in [2.75, 3.05) is 6.61 Å². The van der Waals surface area contributed by atoms with Crippen molar-refractivity contribution in [3.05, 3.63) is 119 Å². The van der Waals surface area contributed by atoms with Crippen LogP contribution < -0.4 is 0 Å². The summed E-state index contributed by atoms with van der Waals surface area (Å²) in [4.78, 5) is 25.5. The Morgan fingerprint density at radius 3 is 2.23 bits per heavy atom. The van der Waals surface area contributed by atoms with E-state index in [9.17, 15) is 14.7 Å². The molecule has 0 aliphatic heterocycles. The monoisotopic (exact) mass is 573 g/mol. The van der Waals surface area contributed by atoms with Gasteiger partial charge in [0.2, 0.25) is 0 Å². The molecule has 0 amide bonds. The van der Waals surface area contributed by atoms with Crippen LogP contribution in [0.2, 0.25) is 0 Å². The van der Waals surface area contributed by atoms with Crippen molar-refractivity contribution in [3.63, 3.8) is 0 Å². The van der Waals surface area contributed by atoms with Gasteiger partial charge in [-0.3, -0.25) is 0 Å². The number of carbonyl (C=O) groups is 2. The zero-order valence-electron chi connectivity index (χ0n) is 25.6. The topological polar surface area (TPSA) is 68.5 Å². The van der Waals surface area contributed by atoms with Crippen LogP contribution >= 0.6 is 0 Å². The molecule has 0 aliphatic carbocycles. The van der Waals surface area contributed by atoms with Crippen molar-refractivity contribution in [2.24, 2.45) is 0 Å². The minimum atomic E-state index is -0.956. The maximum atomic E-state index is 13.9. The third-order valence-corrected chi connectivity index (χ3v) is 8.06. The predicted molar refractivity (Wildman–Crippen MR) is 174 cm³/mol. The van der Waals surface area contributed by atoms with Crippen molar-refractivity contribution in [2.45, 2.75) is 59.4 Å². The Morgan fingerprint density at radius 1 is 0.837 bits per heavy atom. The van der Waals surface area contributed by atoms with Gasteiger partial charge >= 0.3 is 11.9 Å². The first-order valence-electron chi connectivity index (χ1n) is 14.9. The van der Waals surface area contributed by atoms with Crippen LogP contribution in [-0.4, -0.2) is 28.2 Å². The number of hydrogen-bond acceptors (Lipinski definition) is 3. The molecule has 5 aromatic rings. The van der Waals surface area contributed by atoms with E-state index in [4.69, 9.17) is 4.74 Å². The molecule has 0 unspecified atom stereocenters. The molecule has 5 nitrogen and oxygen atoms in total. The maximum absolute atomic E-state index is 13.9. The van der Waals surface area contributed by atoms with E-state index in [2.05, 4.69) is 87.7 Å². The van der Waals surface area contributed by atoms with Crippen molar-refractivity contribution in [3.8, 4) is 22.3 Å². The summed E-state index contributed by atoms with van der Waals surface area (Å²) in [7, 11) is 0. The predicted octanol–water partition coefficient (Wildman–Crippen LogP) is 9.28. The molecule has 43 heavy (non-hydrogen) atoms. The molecule has 220 valence electrons. The molecule has 1 N–H and O–H groups in total. The standard InChI is InChI=1S/C38H39NO4/c1-6-7-21-43-37(42)35-34(26-17-19-31(20-18-26)38(3,4)5)32-13-8-9-14-33(32)39(35)24-30-23-28(16-15-25(30)2)27-11-10-12-29(22-27)36(40)41/h8-20,22-23H,6-7,21,24H2,1-5H3,(H,40,41). The van der Waals surface area contributed by atoms with E-state index >= 15 is 0 Å². The number of aromatic carboxylic acids is 1. The van der Waals surface area contributed by atoms with Crippen LogP contribution in [0.15, 0.2) is 91.0 Å². The normalized spacial score (nSPS) is 11.6. The van der Waals surface area contributed by atoms with Crippen LogP contribution in [0.5, 0.6) is 0 Å². The molecule has 4 aromatic carbocycles. The summed E-state index contributed by atoms with van der Waals surface area (Å²) < 4.78 is 7.94. The van der Waals surface area contributed by atoms with E-state index in [1.54, 1.807) is 18.2 Å². The number of benzene rings is 4. The maximum Gasteiger partial charge on any atom is 0.355 e. The summed E-state index contributed by atoms with van der Waals surface area (Å²) in [5.41, 5.74) is 8.71. The molecule has 0 saturated carbocycles. The quantitative estimate of drug-likeness (QED) is 0.141. The Bertz CT molecular complexity index is 1790. The van der Waals surface area contributed by atoms with E-state index in [0.29, 0.717) is 18.8 Å². The van der Waals surface area contributed by atoms with Crippen LogP contribution in [-0.2, 0) is 16.7 Å². The Labute approximate surface area is 253 Å². The van der Waals surface area contributed by atoms with Crippen molar-refractivity contribution < 1.29 is 19.4 Å². The first-order chi connectivity index (χ1) is 20.6. The largest absolute Gasteiger partial charge is 0.478 e. The molecular weight excluding hydrogens is 534 g/mol. The lowest BCUT2D eigenvalue weighted by Gasteiger charge is -2.19. The fourth-order valence-electron chi connectivity index (χ4n) is 5.51. The molecule has 5 heteroatoms. The van der Waals surface area contributed by atoms with E-state index in [-0.39, 0.29) is 16.9 Å². The summed E-state index contributed by atoms with van der Waals surface area (Å²) in [6.45, 7) is 11.5. The number of unbranched alkanes of at least 4 members (excludes halogenated alkanes) is 1. The average Bonchev–Trinajstić information content (AvgIpc) is 3.32. The summed E-state index contributed by atoms with van der Waals surface area (Å²) in [5.74, 6) is -1.29. The second kappa shape index (κ2) is 12.3. The highest BCUT2D eigenvalue weighted by Gasteiger charge is 2.26. The molecule has 0 radical (unpaired) electrons. The minimum absolute atomic E-state index is 0.0149. The number of nitrogens with zero attached hydrogens (tertiary/aromatic N) is 1. The molecule has 0 saturated heterocycles. The van der Waals surface area contributed by atoms with Crippen LogP contribution in [0.3, 0.4) is 0 Å². The number of carboxylic acids is 1. The van der Waals surface area contributed by atoms with Crippen molar-refractivity contribution in [1.82, 2.24) is 4.57 Å². The van der Waals surface area contributed by atoms with E-state index in [0.717, 1.165) is 57.1 Å². The van der Waals surface area contributed by atoms with E-state index in [1.165, 1.54) is 5.56 Å².